The third kappa shape index (κ3) is 2.81. The molecule has 2 N–H and O–H groups in total. The van der Waals surface area contributed by atoms with Gasteiger partial charge >= 0.3 is 0 Å². The molecule has 0 aliphatic heterocycles. The Bertz CT molecular complexity index is 1170. The number of nitrogens with zero attached hydrogens (tertiary/aromatic N) is 4. The zero-order chi connectivity index (χ0) is 20.0. The summed E-state index contributed by atoms with van der Waals surface area (Å²) in [7, 11) is 2.02. The largest absolute Gasteiger partial charge is 0.508 e. The van der Waals surface area contributed by atoms with Crippen LogP contribution >= 0.6 is 0 Å². The van der Waals surface area contributed by atoms with Crippen LogP contribution in [0.1, 0.15) is 38.1 Å². The molecule has 4 rings (SSSR count). The molecule has 6 heteroatoms. The lowest BCUT2D eigenvalue weighted by molar-refractivity contribution is 0.444. The van der Waals surface area contributed by atoms with Crippen molar-refractivity contribution >= 4 is 10.9 Å². The second-order valence-electron chi connectivity index (χ2n) is 7.38. The number of rotatable bonds is 4. The van der Waals surface area contributed by atoms with Crippen LogP contribution in [0.15, 0.2) is 42.6 Å². The number of phenolic OH excluding ortho intramolecular Hbond substituents is 2. The Morgan fingerprint density at radius 2 is 1.79 bits per heavy atom. The van der Waals surface area contributed by atoms with Gasteiger partial charge in [-0.2, -0.15) is 0 Å². The second kappa shape index (κ2) is 6.71. The highest BCUT2D eigenvalue weighted by Gasteiger charge is 2.20. The number of fused-ring (bicyclic) bond motifs is 1. The number of phenols is 2. The maximum atomic E-state index is 10.5. The van der Waals surface area contributed by atoms with Gasteiger partial charge in [-0.3, -0.25) is 4.57 Å². The topological polar surface area (TPSA) is 76.1 Å². The Morgan fingerprint density at radius 3 is 2.50 bits per heavy atom. The van der Waals surface area contributed by atoms with Crippen molar-refractivity contribution in [2.24, 2.45) is 7.05 Å². The van der Waals surface area contributed by atoms with E-state index in [2.05, 4.69) is 33.0 Å². The lowest BCUT2D eigenvalue weighted by Crippen LogP contribution is -2.03. The van der Waals surface area contributed by atoms with Crippen LogP contribution in [0.4, 0.5) is 0 Å². The summed E-state index contributed by atoms with van der Waals surface area (Å²) in [5.74, 6) is 1.56. The predicted molar refractivity (Wildman–Crippen MR) is 110 cm³/mol. The molecule has 0 radical (unpaired) electrons. The smallest absolute Gasteiger partial charge is 0.172 e. The first kappa shape index (κ1) is 18.1. The molecule has 0 fully saturated rings. The monoisotopic (exact) mass is 376 g/mol. The van der Waals surface area contributed by atoms with Gasteiger partial charge in [0.2, 0.25) is 0 Å². The molecule has 0 unspecified atom stereocenters. The molecule has 144 valence electrons. The van der Waals surface area contributed by atoms with E-state index in [0.29, 0.717) is 17.8 Å². The summed E-state index contributed by atoms with van der Waals surface area (Å²) >= 11 is 0. The minimum Gasteiger partial charge on any atom is -0.508 e. The van der Waals surface area contributed by atoms with Crippen LogP contribution in [0.3, 0.4) is 0 Å². The van der Waals surface area contributed by atoms with E-state index in [1.807, 2.05) is 44.6 Å². The number of aryl methyl sites for hydroxylation is 2. The first-order valence-electron chi connectivity index (χ1n) is 9.46. The minimum atomic E-state index is -0.0148. The molecule has 0 aliphatic carbocycles. The van der Waals surface area contributed by atoms with E-state index in [-0.39, 0.29) is 17.4 Å². The summed E-state index contributed by atoms with van der Waals surface area (Å²) < 4.78 is 4.05. The van der Waals surface area contributed by atoms with E-state index in [9.17, 15) is 10.2 Å². The lowest BCUT2D eigenvalue weighted by Gasteiger charge is -2.14. The van der Waals surface area contributed by atoms with Crippen molar-refractivity contribution in [3.05, 3.63) is 54.0 Å². The van der Waals surface area contributed by atoms with Crippen LogP contribution < -0.4 is 0 Å². The molecule has 0 atom stereocenters. The number of aromatic hydroxyl groups is 2. The van der Waals surface area contributed by atoms with Gasteiger partial charge < -0.3 is 14.8 Å². The van der Waals surface area contributed by atoms with E-state index in [4.69, 9.17) is 0 Å². The molecule has 0 saturated heterocycles. The summed E-state index contributed by atoms with van der Waals surface area (Å²) in [5, 5.41) is 30.6. The van der Waals surface area contributed by atoms with Crippen LogP contribution in [-0.2, 0) is 13.5 Å². The van der Waals surface area contributed by atoms with E-state index in [0.717, 1.165) is 28.0 Å². The van der Waals surface area contributed by atoms with Crippen molar-refractivity contribution in [3.63, 3.8) is 0 Å². The van der Waals surface area contributed by atoms with Crippen molar-refractivity contribution in [2.45, 2.75) is 33.1 Å². The Hall–Kier alpha value is -3.28. The Labute approximate surface area is 163 Å². The zero-order valence-electron chi connectivity index (χ0n) is 16.5. The van der Waals surface area contributed by atoms with E-state index >= 15 is 0 Å². The molecule has 4 aromatic rings. The normalized spacial score (nSPS) is 11.6. The number of benzene rings is 2. The molecular formula is C22H24N4O2. The molecule has 2 aromatic heterocycles. The highest BCUT2D eigenvalue weighted by atomic mass is 16.3. The SMILES string of the molecule is CCc1nnc(-c2cc(C(C)C)c(O)cc2O)n1-c1ccc2c(ccn2C)c1. The minimum absolute atomic E-state index is 0.0148. The lowest BCUT2D eigenvalue weighted by atomic mass is 9.98. The molecule has 2 aromatic carbocycles. The number of aromatic nitrogens is 4. The van der Waals surface area contributed by atoms with Crippen LogP contribution in [0.25, 0.3) is 28.0 Å². The van der Waals surface area contributed by atoms with Gasteiger partial charge in [-0.1, -0.05) is 20.8 Å². The molecule has 2 heterocycles. The average Bonchev–Trinajstić information content (AvgIpc) is 3.25. The van der Waals surface area contributed by atoms with E-state index in [1.54, 1.807) is 6.07 Å². The van der Waals surface area contributed by atoms with Crippen molar-refractivity contribution < 1.29 is 10.2 Å². The maximum Gasteiger partial charge on any atom is 0.172 e. The van der Waals surface area contributed by atoms with Crippen molar-refractivity contribution in [3.8, 4) is 28.6 Å². The van der Waals surface area contributed by atoms with Gasteiger partial charge in [0.05, 0.1) is 5.56 Å². The van der Waals surface area contributed by atoms with Gasteiger partial charge in [-0.05, 0) is 41.8 Å². The standard InChI is InChI=1S/C22H24N4O2/c1-5-21-23-24-22(17-11-16(13(2)3)19(27)12-20(17)28)26(21)15-6-7-18-14(10-15)8-9-25(18)4/h6-13,27-28H,5H2,1-4H3. The Balaban J connectivity index is 1.95. The summed E-state index contributed by atoms with van der Waals surface area (Å²) in [4.78, 5) is 0. The van der Waals surface area contributed by atoms with E-state index < -0.39 is 0 Å². The maximum absolute atomic E-state index is 10.5. The third-order valence-electron chi connectivity index (χ3n) is 5.18. The molecule has 0 amide bonds. The summed E-state index contributed by atoms with van der Waals surface area (Å²) in [6.45, 7) is 6.03. The summed E-state index contributed by atoms with van der Waals surface area (Å²) in [5.41, 5.74) is 3.40. The molecule has 6 nitrogen and oxygen atoms in total. The van der Waals surface area contributed by atoms with Gasteiger partial charge in [-0.15, -0.1) is 10.2 Å². The summed E-state index contributed by atoms with van der Waals surface area (Å²) in [6, 6.07) is 11.5. The van der Waals surface area contributed by atoms with Crippen molar-refractivity contribution in [1.29, 1.82) is 0 Å². The van der Waals surface area contributed by atoms with Crippen LogP contribution in [-0.4, -0.2) is 29.5 Å². The van der Waals surface area contributed by atoms with Crippen LogP contribution in [0, 0.1) is 0 Å². The van der Waals surface area contributed by atoms with Gasteiger partial charge in [0.15, 0.2) is 5.82 Å². The van der Waals surface area contributed by atoms with Gasteiger partial charge in [0.25, 0.3) is 0 Å². The second-order valence-corrected chi connectivity index (χ2v) is 7.38. The molecule has 0 aliphatic rings. The van der Waals surface area contributed by atoms with Crippen molar-refractivity contribution in [1.82, 2.24) is 19.3 Å². The number of hydrogen-bond donors (Lipinski definition) is 2. The third-order valence-corrected chi connectivity index (χ3v) is 5.18. The number of hydrogen-bond acceptors (Lipinski definition) is 4. The Morgan fingerprint density at radius 1 is 1.00 bits per heavy atom. The fourth-order valence-corrected chi connectivity index (χ4v) is 3.63. The molecule has 0 bridgehead atoms. The first-order valence-corrected chi connectivity index (χ1v) is 9.46. The fraction of sp³-hybridized carbons (Fsp3) is 0.273. The molecule has 0 spiro atoms. The zero-order valence-corrected chi connectivity index (χ0v) is 16.5. The molecule has 0 saturated carbocycles. The first-order chi connectivity index (χ1) is 13.4. The van der Waals surface area contributed by atoms with Gasteiger partial charge in [-0.25, -0.2) is 0 Å². The van der Waals surface area contributed by atoms with Crippen LogP contribution in [0.5, 0.6) is 11.5 Å². The van der Waals surface area contributed by atoms with Crippen LogP contribution in [0.2, 0.25) is 0 Å². The average molecular weight is 376 g/mol. The molecular weight excluding hydrogens is 352 g/mol. The van der Waals surface area contributed by atoms with Crippen molar-refractivity contribution in [2.75, 3.05) is 0 Å². The molecule has 28 heavy (non-hydrogen) atoms. The predicted octanol–water partition coefficient (Wildman–Crippen LogP) is 4.52. The Kier molecular flexibility index (Phi) is 4.34. The quantitative estimate of drug-likeness (QED) is 0.549. The van der Waals surface area contributed by atoms with Gasteiger partial charge in [0, 0.05) is 42.3 Å². The fourth-order valence-electron chi connectivity index (χ4n) is 3.63. The van der Waals surface area contributed by atoms with E-state index in [1.165, 1.54) is 6.07 Å². The summed E-state index contributed by atoms with van der Waals surface area (Å²) in [6.07, 6.45) is 2.73. The highest BCUT2D eigenvalue weighted by molar-refractivity contribution is 5.83. The van der Waals surface area contributed by atoms with Gasteiger partial charge in [0.1, 0.15) is 17.3 Å². The highest BCUT2D eigenvalue weighted by Crippen LogP contribution is 2.38.